The van der Waals surface area contributed by atoms with E-state index in [9.17, 15) is 9.90 Å². The molecule has 1 atom stereocenters. The van der Waals surface area contributed by atoms with E-state index >= 15 is 0 Å². The van der Waals surface area contributed by atoms with Crippen molar-refractivity contribution in [3.05, 3.63) is 54.4 Å². The van der Waals surface area contributed by atoms with Gasteiger partial charge < -0.3 is 19.7 Å². The first-order valence-corrected chi connectivity index (χ1v) is 10.9. The number of fused-ring (bicyclic) bond motifs is 1. The molecule has 2 N–H and O–H groups in total. The number of nitrogens with one attached hydrogen (secondary N) is 1. The summed E-state index contributed by atoms with van der Waals surface area (Å²) < 4.78 is 8.70. The van der Waals surface area contributed by atoms with Crippen LogP contribution in [0, 0.1) is 0 Å². The topological polar surface area (TPSA) is 146 Å². The summed E-state index contributed by atoms with van der Waals surface area (Å²) in [4.78, 5) is 25.8. The Balaban J connectivity index is 1.28. The van der Waals surface area contributed by atoms with Gasteiger partial charge in [-0.15, -0.1) is 15.3 Å². The maximum absolute atomic E-state index is 13.0. The predicted octanol–water partition coefficient (Wildman–Crippen LogP) is 1.59. The fraction of sp³-hybridized carbons (Fsp3) is 0.318. The Morgan fingerprint density at radius 1 is 1.26 bits per heavy atom. The average Bonchev–Trinajstić information content (AvgIpc) is 3.24. The lowest BCUT2D eigenvalue weighted by atomic mass is 10.1. The van der Waals surface area contributed by atoms with E-state index in [2.05, 4.69) is 35.6 Å². The minimum Gasteiger partial charge on any atom is -0.479 e. The van der Waals surface area contributed by atoms with Crippen molar-refractivity contribution in [2.75, 3.05) is 12.4 Å². The van der Waals surface area contributed by atoms with Gasteiger partial charge in [-0.2, -0.15) is 0 Å². The van der Waals surface area contributed by atoms with Crippen LogP contribution in [0.2, 0.25) is 0 Å². The number of hydrogen-bond donors (Lipinski definition) is 2. The molecule has 0 unspecified atom stereocenters. The zero-order valence-corrected chi connectivity index (χ0v) is 18.3. The molecule has 5 heterocycles. The number of carbonyl (C=O) groups excluding carboxylic acids is 1. The van der Waals surface area contributed by atoms with Crippen LogP contribution in [0.3, 0.4) is 0 Å². The Hall–Kier alpha value is -4.19. The molecular weight excluding hydrogens is 438 g/mol. The summed E-state index contributed by atoms with van der Waals surface area (Å²) in [5.41, 5.74) is 0.100. The monoisotopic (exact) mass is 459 g/mol. The number of methoxy groups -OCH3 is 1. The van der Waals surface area contributed by atoms with Crippen molar-refractivity contribution < 1.29 is 14.6 Å². The fourth-order valence-electron chi connectivity index (χ4n) is 4.37. The SMILES string of the molecule is COc1nn(-c2cnccn2)cc1C(=O)Nc1cccc(-c2nnc3n2[C@@H](C2(O)CC2)CC3)n1. The van der Waals surface area contributed by atoms with Gasteiger partial charge in [0.15, 0.2) is 11.6 Å². The number of hydrogen-bond acceptors (Lipinski definition) is 9. The van der Waals surface area contributed by atoms with Crippen LogP contribution in [0.1, 0.15) is 41.5 Å². The minimum absolute atomic E-state index is 0.0521. The third-order valence-corrected chi connectivity index (χ3v) is 6.22. The molecule has 1 fully saturated rings. The van der Waals surface area contributed by atoms with Crippen LogP contribution in [0.4, 0.5) is 5.82 Å². The van der Waals surface area contributed by atoms with Crippen LogP contribution in [0.5, 0.6) is 5.88 Å². The predicted molar refractivity (Wildman–Crippen MR) is 118 cm³/mol. The minimum atomic E-state index is -0.686. The quantitative estimate of drug-likeness (QED) is 0.439. The summed E-state index contributed by atoms with van der Waals surface area (Å²) in [6.45, 7) is 0. The van der Waals surface area contributed by atoms with Crippen molar-refractivity contribution >= 4 is 11.7 Å². The number of anilines is 1. The molecule has 4 aromatic rings. The summed E-state index contributed by atoms with van der Waals surface area (Å²) in [5, 5.41) is 26.4. The first-order chi connectivity index (χ1) is 16.6. The summed E-state index contributed by atoms with van der Waals surface area (Å²) in [6.07, 6.45) is 9.30. The lowest BCUT2D eigenvalue weighted by Crippen LogP contribution is -2.23. The van der Waals surface area contributed by atoms with Crippen molar-refractivity contribution in [3.8, 4) is 23.2 Å². The molecule has 0 spiro atoms. The van der Waals surface area contributed by atoms with Gasteiger partial charge in [-0.1, -0.05) is 6.07 Å². The number of nitrogens with zero attached hydrogens (tertiary/aromatic N) is 8. The van der Waals surface area contributed by atoms with E-state index in [1.807, 2.05) is 10.6 Å². The molecule has 0 radical (unpaired) electrons. The Morgan fingerprint density at radius 3 is 2.91 bits per heavy atom. The van der Waals surface area contributed by atoms with Crippen LogP contribution in [0.15, 0.2) is 43.0 Å². The normalized spacial score (nSPS) is 17.9. The summed E-state index contributed by atoms with van der Waals surface area (Å²) in [5.74, 6) is 1.93. The fourth-order valence-corrected chi connectivity index (χ4v) is 4.37. The van der Waals surface area contributed by atoms with E-state index in [1.165, 1.54) is 30.4 Å². The zero-order chi connectivity index (χ0) is 23.3. The van der Waals surface area contributed by atoms with Gasteiger partial charge in [-0.3, -0.25) is 9.78 Å². The van der Waals surface area contributed by atoms with Gasteiger partial charge in [-0.25, -0.2) is 14.6 Å². The highest BCUT2D eigenvalue weighted by Crippen LogP contribution is 2.50. The Morgan fingerprint density at radius 2 is 2.15 bits per heavy atom. The molecule has 172 valence electrons. The lowest BCUT2D eigenvalue weighted by Gasteiger charge is -2.20. The number of rotatable bonds is 6. The van der Waals surface area contributed by atoms with E-state index in [-0.39, 0.29) is 17.5 Å². The smallest absolute Gasteiger partial charge is 0.263 e. The summed E-state index contributed by atoms with van der Waals surface area (Å²) >= 11 is 0. The molecular formula is C22H21N9O3. The highest BCUT2D eigenvalue weighted by atomic mass is 16.5. The van der Waals surface area contributed by atoms with E-state index in [4.69, 9.17) is 4.74 Å². The zero-order valence-electron chi connectivity index (χ0n) is 18.3. The second kappa shape index (κ2) is 7.70. The Bertz CT molecular complexity index is 1380. The molecule has 0 saturated heterocycles. The molecule has 34 heavy (non-hydrogen) atoms. The van der Waals surface area contributed by atoms with Crippen molar-refractivity contribution in [1.82, 2.24) is 39.5 Å². The molecule has 4 aromatic heterocycles. The summed E-state index contributed by atoms with van der Waals surface area (Å²) in [6, 6.07) is 5.24. The van der Waals surface area contributed by atoms with E-state index < -0.39 is 11.5 Å². The van der Waals surface area contributed by atoms with Gasteiger partial charge in [0.2, 0.25) is 5.88 Å². The van der Waals surface area contributed by atoms with Crippen LogP contribution in [-0.2, 0) is 6.42 Å². The highest BCUT2D eigenvalue weighted by Gasteiger charge is 2.51. The van der Waals surface area contributed by atoms with Crippen molar-refractivity contribution in [2.24, 2.45) is 0 Å². The number of pyridine rings is 1. The summed E-state index contributed by atoms with van der Waals surface area (Å²) in [7, 11) is 1.44. The standard InChI is InChI=1S/C22H21N9O3/c1-34-21-13(12-30(29-21)18-11-23-9-10-24-18)20(32)26-16-4-2-3-14(25-16)19-28-27-17-6-5-15(31(17)19)22(33)7-8-22/h2-4,9-12,15,33H,5-8H2,1H3,(H,25,26,32)/t15-/m1/s1. The van der Waals surface area contributed by atoms with Gasteiger partial charge in [0.1, 0.15) is 22.9 Å². The van der Waals surface area contributed by atoms with E-state index in [0.29, 0.717) is 23.2 Å². The number of ether oxygens (including phenoxy) is 1. The van der Waals surface area contributed by atoms with E-state index in [0.717, 1.165) is 31.5 Å². The molecule has 1 aliphatic heterocycles. The maximum atomic E-state index is 13.0. The first-order valence-electron chi connectivity index (χ1n) is 10.9. The van der Waals surface area contributed by atoms with Crippen molar-refractivity contribution in [2.45, 2.75) is 37.3 Å². The average molecular weight is 459 g/mol. The molecule has 12 heteroatoms. The second-order valence-electron chi connectivity index (χ2n) is 8.39. The maximum Gasteiger partial charge on any atom is 0.263 e. The van der Waals surface area contributed by atoms with Gasteiger partial charge in [0, 0.05) is 25.0 Å². The number of aryl methyl sites for hydroxylation is 1. The third kappa shape index (κ3) is 3.39. The van der Waals surface area contributed by atoms with Gasteiger partial charge >= 0.3 is 0 Å². The molecule has 0 aromatic carbocycles. The Kier molecular flexibility index (Phi) is 4.62. The second-order valence-corrected chi connectivity index (χ2v) is 8.39. The molecule has 2 aliphatic rings. The third-order valence-electron chi connectivity index (χ3n) is 6.22. The molecule has 1 saturated carbocycles. The van der Waals surface area contributed by atoms with E-state index in [1.54, 1.807) is 18.3 Å². The van der Waals surface area contributed by atoms with Crippen molar-refractivity contribution in [1.29, 1.82) is 0 Å². The largest absolute Gasteiger partial charge is 0.479 e. The Labute approximate surface area is 193 Å². The number of aliphatic hydroxyl groups is 1. The van der Waals surface area contributed by atoms with Crippen LogP contribution < -0.4 is 10.1 Å². The van der Waals surface area contributed by atoms with Crippen molar-refractivity contribution in [3.63, 3.8) is 0 Å². The van der Waals surface area contributed by atoms with Gasteiger partial charge in [0.05, 0.1) is 24.9 Å². The van der Waals surface area contributed by atoms with Crippen LogP contribution in [-0.4, -0.2) is 63.2 Å². The van der Waals surface area contributed by atoms with Crippen LogP contribution >= 0.6 is 0 Å². The highest BCUT2D eigenvalue weighted by molar-refractivity contribution is 6.05. The molecule has 1 amide bonds. The van der Waals surface area contributed by atoms with Gasteiger partial charge in [0.25, 0.3) is 5.91 Å². The number of carbonyl (C=O) groups is 1. The van der Waals surface area contributed by atoms with Gasteiger partial charge in [-0.05, 0) is 31.4 Å². The number of aromatic nitrogens is 8. The lowest BCUT2D eigenvalue weighted by molar-refractivity contribution is 0.0912. The molecule has 12 nitrogen and oxygen atoms in total. The molecule has 0 bridgehead atoms. The number of amides is 1. The first kappa shape index (κ1) is 20.4. The molecule has 6 rings (SSSR count). The van der Waals surface area contributed by atoms with Crippen LogP contribution in [0.25, 0.3) is 17.3 Å². The molecule has 1 aliphatic carbocycles.